The minimum absolute atomic E-state index is 0.0119. The molecule has 8 aromatic rings. The molecular weight excluding hydrogens is 846 g/mol. The first-order valence-corrected chi connectivity index (χ1v) is 25.9. The SMILES string of the molecule is CC(C)(C)c1cc(N2c3ccccc3B3c4ccccc4N(c4cc(C(C)(C)C)cc(C(C)(C)C)c4)c4cc(-n5c6cc(C(C)(C)C)ccc6c6ccc(C(C)(C)C)cc65)cc2c43)cc(C(C)(C)C)c1. The molecule has 0 unspecified atom stereocenters. The standard InChI is InChI=1S/C66H76BN3/c1-61(2,3)41-27-29-50-51-30-28-42(62(4,5)6)38-57(51)70(56(50)37-41)49-39-58-60-59(40-49)69(48-35-45(65(13,14)15)32-46(36-48)66(16,17)18)55-26-22-20-24-53(55)67(60)52-23-19-21-25-54(52)68(58)47-33-43(63(7,8)9)31-44(34-47)64(10,11)12/h19-40H,1-18H3. The maximum Gasteiger partial charge on any atom is 0.252 e. The first kappa shape index (κ1) is 47.7. The quantitative estimate of drug-likeness (QED) is 0.164. The Morgan fingerprint density at radius 1 is 0.300 bits per heavy atom. The highest BCUT2D eigenvalue weighted by Gasteiger charge is 2.44. The van der Waals surface area contributed by atoms with Crippen LogP contribution in [-0.4, -0.2) is 11.3 Å². The molecule has 7 aromatic carbocycles. The summed E-state index contributed by atoms with van der Waals surface area (Å²) in [7, 11) is 0. The third-order valence-corrected chi connectivity index (χ3v) is 15.4. The van der Waals surface area contributed by atoms with Crippen LogP contribution in [0.5, 0.6) is 0 Å². The second kappa shape index (κ2) is 15.8. The molecule has 0 bridgehead atoms. The predicted molar refractivity (Wildman–Crippen MR) is 307 cm³/mol. The summed E-state index contributed by atoms with van der Waals surface area (Å²) < 4.78 is 2.61. The van der Waals surface area contributed by atoms with E-state index < -0.39 is 0 Å². The molecule has 358 valence electrons. The Labute approximate surface area is 421 Å². The van der Waals surface area contributed by atoms with Crippen molar-refractivity contribution in [2.24, 2.45) is 0 Å². The second-order valence-corrected chi connectivity index (χ2v) is 27.0. The molecule has 0 N–H and O–H groups in total. The number of benzene rings is 7. The molecule has 0 saturated heterocycles. The van der Waals surface area contributed by atoms with E-state index in [4.69, 9.17) is 0 Å². The first-order chi connectivity index (χ1) is 32.5. The van der Waals surface area contributed by atoms with E-state index in [9.17, 15) is 0 Å². The van der Waals surface area contributed by atoms with Crippen LogP contribution >= 0.6 is 0 Å². The van der Waals surface area contributed by atoms with Gasteiger partial charge in [0, 0.05) is 44.9 Å². The van der Waals surface area contributed by atoms with Crippen LogP contribution in [0.3, 0.4) is 0 Å². The van der Waals surface area contributed by atoms with Crippen molar-refractivity contribution in [1.82, 2.24) is 4.57 Å². The van der Waals surface area contributed by atoms with Crippen molar-refractivity contribution in [1.29, 1.82) is 0 Å². The van der Waals surface area contributed by atoms with Gasteiger partial charge < -0.3 is 14.4 Å². The van der Waals surface area contributed by atoms with Crippen molar-refractivity contribution in [2.75, 3.05) is 9.80 Å². The van der Waals surface area contributed by atoms with Crippen molar-refractivity contribution in [3.8, 4) is 5.69 Å². The fourth-order valence-electron chi connectivity index (χ4n) is 11.0. The molecule has 0 amide bonds. The van der Waals surface area contributed by atoms with Gasteiger partial charge in [0.1, 0.15) is 0 Å². The summed E-state index contributed by atoms with van der Waals surface area (Å²) in [4.78, 5) is 5.26. The molecule has 0 saturated carbocycles. The highest BCUT2D eigenvalue weighted by molar-refractivity contribution is 7.00. The average Bonchev–Trinajstić information content (AvgIpc) is 3.60. The summed E-state index contributed by atoms with van der Waals surface area (Å²) in [6.45, 7) is 42.3. The smallest absolute Gasteiger partial charge is 0.252 e. The van der Waals surface area contributed by atoms with E-state index in [0.29, 0.717) is 0 Å². The Morgan fingerprint density at radius 3 is 0.957 bits per heavy atom. The Kier molecular flexibility index (Phi) is 10.7. The van der Waals surface area contributed by atoms with E-state index >= 15 is 0 Å². The van der Waals surface area contributed by atoms with E-state index in [1.54, 1.807) is 0 Å². The molecule has 3 heterocycles. The van der Waals surface area contributed by atoms with Crippen LogP contribution in [0.15, 0.2) is 133 Å². The van der Waals surface area contributed by atoms with Gasteiger partial charge in [0.05, 0.1) is 16.7 Å². The summed E-state index contributed by atoms with van der Waals surface area (Å²) in [6, 6.07) is 52.9. The number of aromatic nitrogens is 1. The summed E-state index contributed by atoms with van der Waals surface area (Å²) in [6.07, 6.45) is 0. The van der Waals surface area contributed by atoms with Crippen molar-refractivity contribution in [3.63, 3.8) is 0 Å². The van der Waals surface area contributed by atoms with Gasteiger partial charge in [-0.25, -0.2) is 0 Å². The zero-order valence-corrected chi connectivity index (χ0v) is 45.6. The lowest BCUT2D eigenvalue weighted by Crippen LogP contribution is -2.61. The van der Waals surface area contributed by atoms with Crippen LogP contribution in [0, 0.1) is 0 Å². The number of nitrogens with zero attached hydrogens (tertiary/aromatic N) is 3. The molecule has 0 atom stereocenters. The molecule has 2 aliphatic heterocycles. The molecule has 70 heavy (non-hydrogen) atoms. The lowest BCUT2D eigenvalue weighted by Gasteiger charge is -2.45. The summed E-state index contributed by atoms with van der Waals surface area (Å²) in [5, 5.41) is 2.55. The largest absolute Gasteiger partial charge is 0.311 e. The number of rotatable bonds is 3. The zero-order valence-electron chi connectivity index (χ0n) is 45.6. The lowest BCUT2D eigenvalue weighted by atomic mass is 9.33. The van der Waals surface area contributed by atoms with Crippen LogP contribution in [0.25, 0.3) is 27.5 Å². The third kappa shape index (κ3) is 7.98. The monoisotopic (exact) mass is 922 g/mol. The number of anilines is 6. The number of hydrogen-bond acceptors (Lipinski definition) is 2. The van der Waals surface area contributed by atoms with E-state index in [2.05, 4.69) is 272 Å². The highest BCUT2D eigenvalue weighted by atomic mass is 15.2. The molecular formula is C66H76BN3. The van der Waals surface area contributed by atoms with Gasteiger partial charge in [0.2, 0.25) is 0 Å². The molecule has 0 fully saturated rings. The van der Waals surface area contributed by atoms with Crippen LogP contribution < -0.4 is 26.2 Å². The summed E-state index contributed by atoms with van der Waals surface area (Å²) in [5.74, 6) is 0. The van der Waals surface area contributed by atoms with Crippen LogP contribution in [0.2, 0.25) is 0 Å². The first-order valence-electron chi connectivity index (χ1n) is 25.9. The third-order valence-electron chi connectivity index (χ3n) is 15.4. The normalized spacial score (nSPS) is 14.3. The van der Waals surface area contributed by atoms with Crippen molar-refractivity contribution >= 4 is 79.0 Å². The fraction of sp³-hybridized carbons (Fsp3) is 0.364. The fourth-order valence-corrected chi connectivity index (χ4v) is 11.0. The van der Waals surface area contributed by atoms with Gasteiger partial charge in [0.15, 0.2) is 0 Å². The summed E-state index contributed by atoms with van der Waals surface area (Å²) in [5.41, 5.74) is 22.6. The maximum atomic E-state index is 2.63. The molecule has 3 nitrogen and oxygen atoms in total. The molecule has 0 radical (unpaired) electrons. The molecule has 2 aliphatic rings. The van der Waals surface area contributed by atoms with Crippen LogP contribution in [-0.2, 0) is 32.5 Å². The van der Waals surface area contributed by atoms with Gasteiger partial charge in [-0.15, -0.1) is 0 Å². The van der Waals surface area contributed by atoms with Gasteiger partial charge in [-0.1, -0.05) is 197 Å². The van der Waals surface area contributed by atoms with E-state index in [1.807, 2.05) is 0 Å². The molecule has 0 spiro atoms. The molecule has 1 aromatic heterocycles. The number of fused-ring (bicyclic) bond motifs is 7. The Morgan fingerprint density at radius 2 is 0.629 bits per heavy atom. The minimum Gasteiger partial charge on any atom is -0.311 e. The van der Waals surface area contributed by atoms with Crippen molar-refractivity contribution in [2.45, 2.75) is 157 Å². The highest BCUT2D eigenvalue weighted by Crippen LogP contribution is 2.49. The molecule has 10 rings (SSSR count). The minimum atomic E-state index is -0.0633. The number of hydrogen-bond donors (Lipinski definition) is 0. The van der Waals surface area contributed by atoms with E-state index in [-0.39, 0.29) is 39.2 Å². The van der Waals surface area contributed by atoms with Gasteiger partial charge in [-0.05, 0) is 143 Å². The summed E-state index contributed by atoms with van der Waals surface area (Å²) >= 11 is 0. The van der Waals surface area contributed by atoms with Gasteiger partial charge >= 0.3 is 0 Å². The van der Waals surface area contributed by atoms with Gasteiger partial charge in [-0.3, -0.25) is 0 Å². The van der Waals surface area contributed by atoms with E-state index in [0.717, 1.165) is 5.69 Å². The van der Waals surface area contributed by atoms with Crippen LogP contribution in [0.4, 0.5) is 34.1 Å². The Balaban J connectivity index is 1.41. The zero-order chi connectivity index (χ0) is 50.4. The maximum absolute atomic E-state index is 2.63. The Bertz CT molecular complexity index is 3110. The molecule has 0 aliphatic carbocycles. The van der Waals surface area contributed by atoms with Crippen LogP contribution in [0.1, 0.15) is 158 Å². The van der Waals surface area contributed by atoms with Gasteiger partial charge in [0.25, 0.3) is 6.71 Å². The average molecular weight is 922 g/mol. The van der Waals surface area contributed by atoms with E-state index in [1.165, 1.54) is 106 Å². The number of para-hydroxylation sites is 2. The van der Waals surface area contributed by atoms with Gasteiger partial charge in [-0.2, -0.15) is 0 Å². The lowest BCUT2D eigenvalue weighted by molar-refractivity contribution is 0.568. The van der Waals surface area contributed by atoms with Crippen molar-refractivity contribution < 1.29 is 0 Å². The molecule has 4 heteroatoms. The Hall–Kier alpha value is -6.00. The second-order valence-electron chi connectivity index (χ2n) is 27.0. The predicted octanol–water partition coefficient (Wildman–Crippen LogP) is 16.7. The topological polar surface area (TPSA) is 11.4 Å². The van der Waals surface area contributed by atoms with Crippen molar-refractivity contribution in [3.05, 3.63) is 167 Å².